The van der Waals surface area contributed by atoms with Gasteiger partial charge in [0.05, 0.1) is 6.42 Å². The van der Waals surface area contributed by atoms with E-state index in [2.05, 4.69) is 86.1 Å². The number of aromatic nitrogens is 1. The van der Waals surface area contributed by atoms with Crippen molar-refractivity contribution in [3.63, 3.8) is 0 Å². The molecule has 1 amide bonds. The Bertz CT molecular complexity index is 784. The maximum absolute atomic E-state index is 12.2. The standard InChI is InChI=1S/C24H34N2OS2/c1-18-6-7-21(17-26-18)16-23(2,3)15-20-10-8-19(9-11-20)14-22(27)25-13-12-24(4,5)29-28/h6-11,17,28H,12-16H2,1-5H3,(H,25,27). The number of amides is 1. The van der Waals surface area contributed by atoms with E-state index in [1.54, 1.807) is 0 Å². The maximum Gasteiger partial charge on any atom is 0.224 e. The highest BCUT2D eigenvalue weighted by atomic mass is 33.1. The fourth-order valence-electron chi connectivity index (χ4n) is 3.34. The van der Waals surface area contributed by atoms with Crippen molar-refractivity contribution in [3.05, 3.63) is 65.0 Å². The topological polar surface area (TPSA) is 42.0 Å². The van der Waals surface area contributed by atoms with Gasteiger partial charge in [-0.2, -0.15) is 0 Å². The lowest BCUT2D eigenvalue weighted by Crippen LogP contribution is -2.30. The summed E-state index contributed by atoms with van der Waals surface area (Å²) in [7, 11) is 1.53. The largest absolute Gasteiger partial charge is 0.356 e. The van der Waals surface area contributed by atoms with Crippen LogP contribution in [0.5, 0.6) is 0 Å². The Balaban J connectivity index is 1.84. The molecular formula is C24H34N2OS2. The zero-order chi connectivity index (χ0) is 21.5. The van der Waals surface area contributed by atoms with E-state index in [9.17, 15) is 4.79 Å². The maximum atomic E-state index is 12.2. The van der Waals surface area contributed by atoms with Crippen molar-refractivity contribution in [1.82, 2.24) is 10.3 Å². The molecule has 0 fully saturated rings. The Morgan fingerprint density at radius 1 is 1.00 bits per heavy atom. The summed E-state index contributed by atoms with van der Waals surface area (Å²) in [5.74, 6) is 0.0740. The molecule has 0 aliphatic rings. The Hall–Kier alpha value is -1.46. The average molecular weight is 431 g/mol. The third-order valence-corrected chi connectivity index (χ3v) is 7.20. The van der Waals surface area contributed by atoms with Crippen LogP contribution in [0.1, 0.15) is 56.5 Å². The normalized spacial score (nSPS) is 12.1. The first-order valence-electron chi connectivity index (χ1n) is 10.2. The number of benzene rings is 1. The van der Waals surface area contributed by atoms with Crippen molar-refractivity contribution in [3.8, 4) is 0 Å². The molecule has 1 aromatic carbocycles. The lowest BCUT2D eigenvalue weighted by atomic mass is 9.80. The van der Waals surface area contributed by atoms with E-state index in [-0.39, 0.29) is 16.1 Å². The third kappa shape index (κ3) is 8.83. The van der Waals surface area contributed by atoms with Gasteiger partial charge in [0.15, 0.2) is 0 Å². The average Bonchev–Trinajstić information content (AvgIpc) is 2.64. The van der Waals surface area contributed by atoms with E-state index in [4.69, 9.17) is 0 Å². The van der Waals surface area contributed by atoms with Crippen LogP contribution in [0.4, 0.5) is 0 Å². The summed E-state index contributed by atoms with van der Waals surface area (Å²) < 4.78 is 0.0689. The molecular weight excluding hydrogens is 396 g/mol. The lowest BCUT2D eigenvalue weighted by Gasteiger charge is -2.25. The zero-order valence-electron chi connectivity index (χ0n) is 18.3. The molecule has 3 nitrogen and oxygen atoms in total. The molecule has 0 radical (unpaired) electrons. The monoisotopic (exact) mass is 430 g/mol. The summed E-state index contributed by atoms with van der Waals surface area (Å²) >= 11 is 4.28. The smallest absolute Gasteiger partial charge is 0.224 e. The van der Waals surface area contributed by atoms with Gasteiger partial charge in [-0.3, -0.25) is 9.78 Å². The summed E-state index contributed by atoms with van der Waals surface area (Å²) in [4.78, 5) is 16.6. The number of nitrogens with zero attached hydrogens (tertiary/aromatic N) is 1. The van der Waals surface area contributed by atoms with Crippen molar-refractivity contribution in [2.24, 2.45) is 5.41 Å². The number of carbonyl (C=O) groups is 1. The van der Waals surface area contributed by atoms with Gasteiger partial charge in [0, 0.05) is 23.2 Å². The van der Waals surface area contributed by atoms with Gasteiger partial charge in [0.2, 0.25) is 5.91 Å². The second-order valence-corrected chi connectivity index (χ2v) is 11.1. The van der Waals surface area contributed by atoms with Crippen molar-refractivity contribution >= 4 is 28.4 Å². The van der Waals surface area contributed by atoms with Crippen molar-refractivity contribution in [1.29, 1.82) is 0 Å². The number of thiol groups is 1. The van der Waals surface area contributed by atoms with E-state index < -0.39 is 0 Å². The Morgan fingerprint density at radius 3 is 2.17 bits per heavy atom. The van der Waals surface area contributed by atoms with Gasteiger partial charge in [0.1, 0.15) is 0 Å². The summed E-state index contributed by atoms with van der Waals surface area (Å²) in [6.07, 6.45) is 5.29. The van der Waals surface area contributed by atoms with Crippen LogP contribution in [0.15, 0.2) is 42.6 Å². The van der Waals surface area contributed by atoms with Gasteiger partial charge in [-0.15, -0.1) is 11.7 Å². The van der Waals surface area contributed by atoms with Gasteiger partial charge in [-0.25, -0.2) is 0 Å². The number of hydrogen-bond acceptors (Lipinski definition) is 4. The molecule has 0 spiro atoms. The van der Waals surface area contributed by atoms with Crippen LogP contribution >= 0.6 is 22.5 Å². The second-order valence-electron chi connectivity index (χ2n) is 9.27. The molecule has 158 valence electrons. The first-order valence-corrected chi connectivity index (χ1v) is 12.0. The first-order chi connectivity index (χ1) is 13.6. The molecule has 1 N–H and O–H groups in total. The number of nitrogens with one attached hydrogen (secondary N) is 1. The van der Waals surface area contributed by atoms with E-state index in [0.717, 1.165) is 30.5 Å². The fourth-order valence-corrected chi connectivity index (χ4v) is 3.81. The summed E-state index contributed by atoms with van der Waals surface area (Å²) in [6.45, 7) is 11.5. The first kappa shape index (κ1) is 23.8. The Kier molecular flexibility index (Phi) is 8.65. The summed E-state index contributed by atoms with van der Waals surface area (Å²) in [6, 6.07) is 12.7. The van der Waals surface area contributed by atoms with Crippen molar-refractivity contribution in [2.45, 2.75) is 65.0 Å². The van der Waals surface area contributed by atoms with Crippen LogP contribution < -0.4 is 5.32 Å². The molecule has 0 aliphatic carbocycles. The highest BCUT2D eigenvalue weighted by molar-refractivity contribution is 8.69. The molecule has 0 saturated carbocycles. The highest BCUT2D eigenvalue weighted by Crippen LogP contribution is 2.30. The molecule has 0 saturated heterocycles. The lowest BCUT2D eigenvalue weighted by molar-refractivity contribution is -0.120. The number of carbonyl (C=O) groups excluding carboxylic acids is 1. The predicted molar refractivity (Wildman–Crippen MR) is 129 cm³/mol. The molecule has 2 rings (SSSR count). The van der Waals surface area contributed by atoms with E-state index >= 15 is 0 Å². The molecule has 1 aromatic heterocycles. The third-order valence-electron chi connectivity index (χ3n) is 5.02. The van der Waals surface area contributed by atoms with E-state index in [0.29, 0.717) is 13.0 Å². The number of rotatable bonds is 10. The van der Waals surface area contributed by atoms with Crippen molar-refractivity contribution in [2.75, 3.05) is 6.54 Å². The highest BCUT2D eigenvalue weighted by Gasteiger charge is 2.20. The molecule has 0 unspecified atom stereocenters. The van der Waals surface area contributed by atoms with Crippen LogP contribution in [-0.2, 0) is 24.1 Å². The fraction of sp³-hybridized carbons (Fsp3) is 0.500. The molecule has 0 aliphatic heterocycles. The van der Waals surface area contributed by atoms with Gasteiger partial charge >= 0.3 is 0 Å². The SMILES string of the molecule is Cc1ccc(CC(C)(C)Cc2ccc(CC(=O)NCCC(C)(C)SS)cc2)cn1. The summed E-state index contributed by atoms with van der Waals surface area (Å²) in [5.41, 5.74) is 4.82. The van der Waals surface area contributed by atoms with Gasteiger partial charge in [-0.1, -0.05) is 55.0 Å². The van der Waals surface area contributed by atoms with Crippen LogP contribution in [0, 0.1) is 12.3 Å². The molecule has 2 aromatic rings. The van der Waals surface area contributed by atoms with Crippen molar-refractivity contribution < 1.29 is 4.79 Å². The van der Waals surface area contributed by atoms with Crippen LogP contribution in [0.3, 0.4) is 0 Å². The van der Waals surface area contributed by atoms with Gasteiger partial charge in [-0.05, 0) is 68.2 Å². The van der Waals surface area contributed by atoms with E-state index in [1.165, 1.54) is 21.9 Å². The molecule has 1 heterocycles. The number of pyridine rings is 1. The molecule has 29 heavy (non-hydrogen) atoms. The number of hydrogen-bond donors (Lipinski definition) is 2. The quantitative estimate of drug-likeness (QED) is 0.380. The minimum atomic E-state index is 0.0689. The number of aryl methyl sites for hydroxylation is 1. The van der Waals surface area contributed by atoms with Crippen LogP contribution in [0.25, 0.3) is 0 Å². The minimum Gasteiger partial charge on any atom is -0.356 e. The minimum absolute atomic E-state index is 0.0689. The van der Waals surface area contributed by atoms with Crippen LogP contribution in [-0.4, -0.2) is 22.2 Å². The Labute approximate surface area is 185 Å². The molecule has 5 heteroatoms. The molecule has 0 bridgehead atoms. The van der Waals surface area contributed by atoms with Gasteiger partial charge in [0.25, 0.3) is 0 Å². The molecule has 0 atom stereocenters. The predicted octanol–water partition coefficient (Wildman–Crippen LogP) is 5.61. The second kappa shape index (κ2) is 10.5. The summed E-state index contributed by atoms with van der Waals surface area (Å²) in [5, 5.41) is 3.01. The Morgan fingerprint density at radius 2 is 1.59 bits per heavy atom. The van der Waals surface area contributed by atoms with E-state index in [1.807, 2.05) is 13.1 Å². The zero-order valence-corrected chi connectivity index (χ0v) is 20.0. The van der Waals surface area contributed by atoms with Gasteiger partial charge < -0.3 is 5.32 Å². The van der Waals surface area contributed by atoms with Crippen LogP contribution in [0.2, 0.25) is 0 Å².